The average Bonchev–Trinajstić information content (AvgIpc) is 2.93. The zero-order valence-electron chi connectivity index (χ0n) is 7.99. The van der Waals surface area contributed by atoms with Crippen molar-refractivity contribution in [1.29, 1.82) is 0 Å². The third-order valence-corrected chi connectivity index (χ3v) is 2.36. The molecule has 0 aromatic carbocycles. The molecule has 6 heteroatoms. The number of carbonyl (C=O) groups is 2. The van der Waals surface area contributed by atoms with Crippen LogP contribution < -0.4 is 0 Å². The summed E-state index contributed by atoms with van der Waals surface area (Å²) in [6.07, 6.45) is 2.51. The molecule has 0 aliphatic heterocycles. The first kappa shape index (κ1) is 12.0. The van der Waals surface area contributed by atoms with Crippen molar-refractivity contribution in [3.05, 3.63) is 46.5 Å². The third-order valence-electron chi connectivity index (χ3n) is 1.50. The van der Waals surface area contributed by atoms with Crippen molar-refractivity contribution in [1.82, 2.24) is 0 Å². The van der Waals surface area contributed by atoms with Gasteiger partial charge in [-0.25, -0.2) is 9.59 Å². The molecule has 0 spiro atoms. The van der Waals surface area contributed by atoms with Crippen LogP contribution in [-0.4, -0.2) is 22.2 Å². The van der Waals surface area contributed by atoms with Crippen LogP contribution >= 0.6 is 11.3 Å². The molecule has 0 aliphatic carbocycles. The second kappa shape index (κ2) is 5.72. The molecule has 2 rings (SSSR count). The Morgan fingerprint density at radius 3 is 2.19 bits per heavy atom. The van der Waals surface area contributed by atoms with Crippen LogP contribution in [0.25, 0.3) is 0 Å². The molecule has 0 atom stereocenters. The van der Waals surface area contributed by atoms with Crippen LogP contribution in [0.1, 0.15) is 20.0 Å². The number of hydrogen-bond donors (Lipinski definition) is 2. The second-order valence-corrected chi connectivity index (χ2v) is 3.55. The number of aromatic carboxylic acids is 2. The van der Waals surface area contributed by atoms with E-state index in [2.05, 4.69) is 4.42 Å². The van der Waals surface area contributed by atoms with Crippen molar-refractivity contribution in [3.8, 4) is 0 Å². The summed E-state index contributed by atoms with van der Waals surface area (Å²) in [6, 6.07) is 4.68. The van der Waals surface area contributed by atoms with Crippen LogP contribution in [0.4, 0.5) is 0 Å². The lowest BCUT2D eigenvalue weighted by atomic mass is 10.4. The standard InChI is InChI=1S/C5H4O3.C5H4O2S/c6-5(7)4-1-2-8-3-4;6-5(7)4-2-1-3-8-4/h2*1-3H,(H,6,7). The van der Waals surface area contributed by atoms with Gasteiger partial charge in [0.1, 0.15) is 11.1 Å². The van der Waals surface area contributed by atoms with Gasteiger partial charge in [-0.2, -0.15) is 0 Å². The number of thiophene rings is 1. The summed E-state index contributed by atoms with van der Waals surface area (Å²) in [4.78, 5) is 20.5. The van der Waals surface area contributed by atoms with Crippen LogP contribution in [0, 0.1) is 0 Å². The minimum absolute atomic E-state index is 0.185. The maximum absolute atomic E-state index is 10.1. The Labute approximate surface area is 94.6 Å². The van der Waals surface area contributed by atoms with Gasteiger partial charge in [0.05, 0.1) is 11.8 Å². The van der Waals surface area contributed by atoms with Gasteiger partial charge in [0, 0.05) is 0 Å². The lowest BCUT2D eigenvalue weighted by Gasteiger charge is -1.78. The maximum atomic E-state index is 10.1. The van der Waals surface area contributed by atoms with Crippen molar-refractivity contribution in [2.75, 3.05) is 0 Å². The Hall–Kier alpha value is -2.08. The molecular formula is C10H8O5S. The van der Waals surface area contributed by atoms with Crippen molar-refractivity contribution in [2.45, 2.75) is 0 Å². The molecule has 0 amide bonds. The second-order valence-electron chi connectivity index (χ2n) is 2.60. The highest BCUT2D eigenvalue weighted by Gasteiger charge is 2.00. The number of rotatable bonds is 2. The van der Waals surface area contributed by atoms with E-state index in [1.165, 1.54) is 29.9 Å². The Morgan fingerprint density at radius 1 is 1.19 bits per heavy atom. The lowest BCUT2D eigenvalue weighted by molar-refractivity contribution is 0.0688. The van der Waals surface area contributed by atoms with Gasteiger partial charge in [0.25, 0.3) is 0 Å². The van der Waals surface area contributed by atoms with Gasteiger partial charge in [-0.05, 0) is 17.5 Å². The normalized spacial score (nSPS) is 9.00. The minimum Gasteiger partial charge on any atom is -0.478 e. The molecule has 2 aromatic rings. The molecule has 2 aromatic heterocycles. The van der Waals surface area contributed by atoms with Crippen molar-refractivity contribution >= 4 is 23.3 Å². The Balaban J connectivity index is 0.000000160. The van der Waals surface area contributed by atoms with E-state index >= 15 is 0 Å². The molecule has 0 unspecified atom stereocenters. The summed E-state index contributed by atoms with van der Waals surface area (Å²) in [5.74, 6) is -1.81. The van der Waals surface area contributed by atoms with E-state index in [0.29, 0.717) is 4.88 Å². The fourth-order valence-electron chi connectivity index (χ4n) is 0.786. The predicted octanol–water partition coefficient (Wildman–Crippen LogP) is 2.42. The zero-order valence-corrected chi connectivity index (χ0v) is 8.81. The molecule has 2 N–H and O–H groups in total. The van der Waals surface area contributed by atoms with Gasteiger partial charge in [0.2, 0.25) is 0 Å². The number of carboxylic acid groups (broad SMARTS) is 2. The average molecular weight is 240 g/mol. The van der Waals surface area contributed by atoms with E-state index in [0.717, 1.165) is 0 Å². The topological polar surface area (TPSA) is 87.7 Å². The SMILES string of the molecule is O=C(O)c1cccs1.O=C(O)c1ccoc1. The van der Waals surface area contributed by atoms with Crippen LogP contribution in [0.3, 0.4) is 0 Å². The van der Waals surface area contributed by atoms with Gasteiger partial charge >= 0.3 is 11.9 Å². The van der Waals surface area contributed by atoms with E-state index < -0.39 is 11.9 Å². The summed E-state index contributed by atoms with van der Waals surface area (Å²) in [7, 11) is 0. The molecule has 0 radical (unpaired) electrons. The molecule has 2 heterocycles. The van der Waals surface area contributed by atoms with Crippen molar-refractivity contribution in [3.63, 3.8) is 0 Å². The summed E-state index contributed by atoms with van der Waals surface area (Å²) < 4.78 is 4.49. The number of carboxylic acids is 2. The number of furan rings is 1. The van der Waals surface area contributed by atoms with Gasteiger partial charge in [0.15, 0.2) is 0 Å². The number of hydrogen-bond acceptors (Lipinski definition) is 4. The van der Waals surface area contributed by atoms with Gasteiger partial charge in [-0.3, -0.25) is 0 Å². The first-order valence-corrected chi connectivity index (χ1v) is 5.01. The van der Waals surface area contributed by atoms with Crippen LogP contribution in [0.2, 0.25) is 0 Å². The van der Waals surface area contributed by atoms with E-state index in [-0.39, 0.29) is 5.56 Å². The van der Waals surface area contributed by atoms with E-state index in [1.807, 2.05) is 0 Å². The smallest absolute Gasteiger partial charge is 0.345 e. The summed E-state index contributed by atoms with van der Waals surface area (Å²) >= 11 is 1.23. The fraction of sp³-hybridized carbons (Fsp3) is 0. The molecule has 0 bridgehead atoms. The molecule has 5 nitrogen and oxygen atoms in total. The van der Waals surface area contributed by atoms with Gasteiger partial charge in [-0.1, -0.05) is 6.07 Å². The molecule has 0 saturated carbocycles. The zero-order chi connectivity index (χ0) is 12.0. The molecule has 84 valence electrons. The third kappa shape index (κ3) is 3.58. The minimum atomic E-state index is -0.959. The van der Waals surface area contributed by atoms with Crippen LogP contribution in [0.5, 0.6) is 0 Å². The fourth-order valence-corrected chi connectivity index (χ4v) is 1.35. The summed E-state index contributed by atoms with van der Waals surface area (Å²) in [5.41, 5.74) is 0.185. The molecular weight excluding hydrogens is 232 g/mol. The molecule has 0 saturated heterocycles. The van der Waals surface area contributed by atoms with Crippen molar-refractivity contribution in [2.24, 2.45) is 0 Å². The Morgan fingerprint density at radius 2 is 1.94 bits per heavy atom. The quantitative estimate of drug-likeness (QED) is 0.841. The lowest BCUT2D eigenvalue weighted by Crippen LogP contribution is -1.90. The highest BCUT2D eigenvalue weighted by atomic mass is 32.1. The van der Waals surface area contributed by atoms with Crippen LogP contribution in [0.15, 0.2) is 40.5 Å². The predicted molar refractivity (Wildman–Crippen MR) is 56.9 cm³/mol. The largest absolute Gasteiger partial charge is 0.478 e. The van der Waals surface area contributed by atoms with Gasteiger partial charge in [-0.15, -0.1) is 11.3 Å². The van der Waals surface area contributed by atoms with Crippen molar-refractivity contribution < 1.29 is 24.2 Å². The van der Waals surface area contributed by atoms with Crippen LogP contribution in [-0.2, 0) is 0 Å². The molecule has 0 aliphatic rings. The van der Waals surface area contributed by atoms with E-state index in [4.69, 9.17) is 10.2 Å². The monoisotopic (exact) mass is 240 g/mol. The molecule has 0 fully saturated rings. The van der Waals surface area contributed by atoms with Gasteiger partial charge < -0.3 is 14.6 Å². The van der Waals surface area contributed by atoms with E-state index in [1.54, 1.807) is 17.5 Å². The molecule has 16 heavy (non-hydrogen) atoms. The Kier molecular flexibility index (Phi) is 4.28. The highest BCUT2D eigenvalue weighted by molar-refractivity contribution is 7.11. The maximum Gasteiger partial charge on any atom is 0.345 e. The van der Waals surface area contributed by atoms with E-state index in [9.17, 15) is 9.59 Å². The first-order chi connectivity index (χ1) is 7.61. The Bertz CT molecular complexity index is 399. The summed E-state index contributed by atoms with van der Waals surface area (Å²) in [6.45, 7) is 0. The summed E-state index contributed by atoms with van der Waals surface area (Å²) in [5, 5.41) is 18.2. The first-order valence-electron chi connectivity index (χ1n) is 4.13. The highest BCUT2D eigenvalue weighted by Crippen LogP contribution is 2.06.